The Hall–Kier alpha value is -0.570. The Bertz CT molecular complexity index is 195. The molecule has 17 heavy (non-hydrogen) atoms. The van der Waals surface area contributed by atoms with Gasteiger partial charge in [-0.2, -0.15) is 0 Å². The third kappa shape index (κ3) is 9.16. The number of aliphatic hydroxyl groups is 1. The molecular formula is C14H29NO2. The average molecular weight is 243 g/mol. The van der Waals surface area contributed by atoms with E-state index in [4.69, 9.17) is 5.11 Å². The van der Waals surface area contributed by atoms with E-state index >= 15 is 0 Å². The molecule has 2 unspecified atom stereocenters. The van der Waals surface area contributed by atoms with Gasteiger partial charge in [-0.05, 0) is 13.3 Å². The Morgan fingerprint density at radius 3 is 2.29 bits per heavy atom. The number of carbonyl (C=O) groups is 1. The van der Waals surface area contributed by atoms with E-state index in [1.54, 1.807) is 0 Å². The predicted octanol–water partition coefficient (Wildman–Crippen LogP) is 2.87. The summed E-state index contributed by atoms with van der Waals surface area (Å²) in [5.74, 6) is 0.135. The van der Waals surface area contributed by atoms with Crippen molar-refractivity contribution < 1.29 is 9.90 Å². The number of carbonyl (C=O) groups excluding carboxylic acids is 1. The molecule has 0 saturated carbocycles. The van der Waals surface area contributed by atoms with E-state index in [2.05, 4.69) is 12.2 Å². The van der Waals surface area contributed by atoms with E-state index in [1.807, 2.05) is 13.8 Å². The largest absolute Gasteiger partial charge is 0.394 e. The fourth-order valence-corrected chi connectivity index (χ4v) is 1.79. The Kier molecular flexibility index (Phi) is 10.2. The molecule has 1 amide bonds. The van der Waals surface area contributed by atoms with Gasteiger partial charge in [-0.15, -0.1) is 0 Å². The van der Waals surface area contributed by atoms with Gasteiger partial charge in [0.2, 0.25) is 5.91 Å². The van der Waals surface area contributed by atoms with Crippen LogP contribution in [0.2, 0.25) is 0 Å². The third-order valence-corrected chi connectivity index (χ3v) is 3.10. The van der Waals surface area contributed by atoms with Crippen LogP contribution in [0.1, 0.15) is 65.7 Å². The molecule has 102 valence electrons. The van der Waals surface area contributed by atoms with E-state index < -0.39 is 0 Å². The molecule has 0 aliphatic rings. The fraction of sp³-hybridized carbons (Fsp3) is 0.929. The minimum atomic E-state index is -0.130. The van der Waals surface area contributed by atoms with Crippen molar-refractivity contribution in [3.8, 4) is 0 Å². The van der Waals surface area contributed by atoms with Gasteiger partial charge >= 0.3 is 0 Å². The van der Waals surface area contributed by atoms with E-state index in [9.17, 15) is 4.79 Å². The maximum Gasteiger partial charge on any atom is 0.223 e. The third-order valence-electron chi connectivity index (χ3n) is 3.10. The first-order valence-corrected chi connectivity index (χ1v) is 7.03. The Morgan fingerprint density at radius 2 is 1.71 bits per heavy atom. The van der Waals surface area contributed by atoms with Crippen LogP contribution in [0.25, 0.3) is 0 Å². The summed E-state index contributed by atoms with van der Waals surface area (Å²) in [5, 5.41) is 11.6. The quantitative estimate of drug-likeness (QED) is 0.580. The van der Waals surface area contributed by atoms with Crippen molar-refractivity contribution in [2.24, 2.45) is 5.92 Å². The van der Waals surface area contributed by atoms with Crippen molar-refractivity contribution in [3.05, 3.63) is 0 Å². The number of unbranched alkanes of at least 4 members (excludes halogenated alkanes) is 5. The lowest BCUT2D eigenvalue weighted by molar-refractivity contribution is -0.125. The standard InChI is InChI=1S/C14H29NO2/c1-4-5-6-7-8-9-10-12(2)14(17)15-13(3)11-16/h12-13,16H,4-11H2,1-3H3,(H,15,17). The molecule has 0 saturated heterocycles. The molecule has 0 heterocycles. The summed E-state index contributed by atoms with van der Waals surface area (Å²) in [6, 6.07) is -0.130. The normalized spacial score (nSPS) is 14.4. The van der Waals surface area contributed by atoms with Crippen LogP contribution in [-0.4, -0.2) is 23.7 Å². The predicted molar refractivity (Wildman–Crippen MR) is 71.8 cm³/mol. The molecule has 0 fully saturated rings. The zero-order valence-electron chi connectivity index (χ0n) is 11.7. The van der Waals surface area contributed by atoms with E-state index in [0.717, 1.165) is 12.8 Å². The monoisotopic (exact) mass is 243 g/mol. The topological polar surface area (TPSA) is 49.3 Å². The van der Waals surface area contributed by atoms with E-state index in [1.165, 1.54) is 32.1 Å². The number of aliphatic hydroxyl groups excluding tert-OH is 1. The molecule has 0 spiro atoms. The summed E-state index contributed by atoms with van der Waals surface area (Å²) >= 11 is 0. The van der Waals surface area contributed by atoms with Gasteiger partial charge in [0.15, 0.2) is 0 Å². The molecule has 3 heteroatoms. The van der Waals surface area contributed by atoms with Crippen molar-refractivity contribution >= 4 is 5.91 Å². The molecule has 0 aliphatic carbocycles. The number of hydrogen-bond acceptors (Lipinski definition) is 2. The van der Waals surface area contributed by atoms with Crippen molar-refractivity contribution in [2.45, 2.75) is 71.8 Å². The average Bonchev–Trinajstić information content (AvgIpc) is 2.32. The van der Waals surface area contributed by atoms with Gasteiger partial charge in [-0.1, -0.05) is 52.4 Å². The van der Waals surface area contributed by atoms with Crippen molar-refractivity contribution in [1.82, 2.24) is 5.32 Å². The highest BCUT2D eigenvalue weighted by atomic mass is 16.3. The van der Waals surface area contributed by atoms with Crippen LogP contribution in [0.4, 0.5) is 0 Å². The molecule has 3 nitrogen and oxygen atoms in total. The van der Waals surface area contributed by atoms with Crippen LogP contribution in [0.5, 0.6) is 0 Å². The van der Waals surface area contributed by atoms with Gasteiger partial charge in [-0.25, -0.2) is 0 Å². The smallest absolute Gasteiger partial charge is 0.223 e. The summed E-state index contributed by atoms with van der Waals surface area (Å²) < 4.78 is 0. The summed E-state index contributed by atoms with van der Waals surface area (Å²) in [7, 11) is 0. The first-order chi connectivity index (χ1) is 8.11. The van der Waals surface area contributed by atoms with Crippen molar-refractivity contribution in [1.29, 1.82) is 0 Å². The lowest BCUT2D eigenvalue weighted by atomic mass is 10.0. The number of nitrogens with one attached hydrogen (secondary N) is 1. The zero-order valence-corrected chi connectivity index (χ0v) is 11.7. The summed E-state index contributed by atoms with van der Waals surface area (Å²) in [5.41, 5.74) is 0. The minimum absolute atomic E-state index is 0.00940. The molecule has 0 bridgehead atoms. The van der Waals surface area contributed by atoms with Crippen LogP contribution in [0.15, 0.2) is 0 Å². The lowest BCUT2D eigenvalue weighted by Crippen LogP contribution is -2.38. The fourth-order valence-electron chi connectivity index (χ4n) is 1.79. The Balaban J connectivity index is 3.50. The summed E-state index contributed by atoms with van der Waals surface area (Å²) in [6.45, 7) is 6.01. The Morgan fingerprint density at radius 1 is 1.12 bits per heavy atom. The van der Waals surface area contributed by atoms with Crippen LogP contribution >= 0.6 is 0 Å². The molecule has 0 aromatic rings. The summed E-state index contributed by atoms with van der Waals surface area (Å²) in [6.07, 6.45) is 8.52. The van der Waals surface area contributed by atoms with Crippen molar-refractivity contribution in [2.75, 3.05) is 6.61 Å². The second-order valence-corrected chi connectivity index (χ2v) is 5.05. The van der Waals surface area contributed by atoms with E-state index in [0.29, 0.717) is 0 Å². The first kappa shape index (κ1) is 16.4. The van der Waals surface area contributed by atoms with Crippen LogP contribution in [0.3, 0.4) is 0 Å². The molecule has 2 N–H and O–H groups in total. The minimum Gasteiger partial charge on any atom is -0.394 e. The molecular weight excluding hydrogens is 214 g/mol. The molecule has 0 aliphatic heterocycles. The second kappa shape index (κ2) is 10.6. The Labute approximate surface area is 106 Å². The SMILES string of the molecule is CCCCCCCCC(C)C(=O)NC(C)CO. The van der Waals surface area contributed by atoms with Gasteiger partial charge in [-0.3, -0.25) is 4.79 Å². The number of rotatable bonds is 10. The number of amides is 1. The highest BCUT2D eigenvalue weighted by molar-refractivity contribution is 5.78. The summed E-state index contributed by atoms with van der Waals surface area (Å²) in [4.78, 5) is 11.7. The molecule has 2 atom stereocenters. The molecule has 0 rings (SSSR count). The maximum absolute atomic E-state index is 11.7. The van der Waals surface area contributed by atoms with Crippen LogP contribution in [0, 0.1) is 5.92 Å². The molecule has 0 aromatic carbocycles. The first-order valence-electron chi connectivity index (χ1n) is 7.03. The zero-order chi connectivity index (χ0) is 13.1. The van der Waals surface area contributed by atoms with Crippen LogP contribution in [-0.2, 0) is 4.79 Å². The van der Waals surface area contributed by atoms with Gasteiger partial charge < -0.3 is 10.4 Å². The van der Waals surface area contributed by atoms with Gasteiger partial charge in [0.25, 0.3) is 0 Å². The number of hydrogen-bond donors (Lipinski definition) is 2. The van der Waals surface area contributed by atoms with Crippen molar-refractivity contribution in [3.63, 3.8) is 0 Å². The lowest BCUT2D eigenvalue weighted by Gasteiger charge is -2.15. The highest BCUT2D eigenvalue weighted by Crippen LogP contribution is 2.12. The molecule has 0 radical (unpaired) electrons. The van der Waals surface area contributed by atoms with E-state index in [-0.39, 0.29) is 24.5 Å². The highest BCUT2D eigenvalue weighted by Gasteiger charge is 2.13. The van der Waals surface area contributed by atoms with Gasteiger partial charge in [0, 0.05) is 12.0 Å². The van der Waals surface area contributed by atoms with Gasteiger partial charge in [0.05, 0.1) is 6.61 Å². The second-order valence-electron chi connectivity index (χ2n) is 5.05. The molecule has 0 aromatic heterocycles. The van der Waals surface area contributed by atoms with Crippen LogP contribution < -0.4 is 5.32 Å². The van der Waals surface area contributed by atoms with Gasteiger partial charge in [0.1, 0.15) is 0 Å². The maximum atomic E-state index is 11.7.